The minimum Gasteiger partial charge on any atom is -0.489 e. The molecular weight excluding hydrogens is 454 g/mol. The maximum absolute atomic E-state index is 12.8. The van der Waals surface area contributed by atoms with Crippen molar-refractivity contribution < 1.29 is 22.7 Å². The highest BCUT2D eigenvalue weighted by Gasteiger charge is 2.26. The average molecular weight is 480 g/mol. The fraction of sp³-hybridized carbons (Fsp3) is 0.200. The molecule has 4 rings (SSSR count). The molecule has 0 aliphatic carbocycles. The van der Waals surface area contributed by atoms with Crippen molar-refractivity contribution in [3.63, 3.8) is 0 Å². The first-order valence-corrected chi connectivity index (χ1v) is 12.2. The van der Waals surface area contributed by atoms with Crippen molar-refractivity contribution in [2.24, 2.45) is 5.10 Å². The Morgan fingerprint density at radius 1 is 1.00 bits per heavy atom. The van der Waals surface area contributed by atoms with Gasteiger partial charge in [0, 0.05) is 18.7 Å². The Morgan fingerprint density at radius 2 is 1.74 bits per heavy atom. The summed E-state index contributed by atoms with van der Waals surface area (Å²) >= 11 is 0. The summed E-state index contributed by atoms with van der Waals surface area (Å²) in [6.07, 6.45) is 1.51. The summed E-state index contributed by atoms with van der Waals surface area (Å²) in [6, 6.07) is 23.1. The van der Waals surface area contributed by atoms with E-state index < -0.39 is 15.9 Å². The number of amides is 1. The largest absolute Gasteiger partial charge is 0.489 e. The van der Waals surface area contributed by atoms with Gasteiger partial charge in [-0.15, -0.1) is 0 Å². The Hall–Kier alpha value is -3.53. The van der Waals surface area contributed by atoms with E-state index in [4.69, 9.17) is 9.47 Å². The number of rotatable bonds is 8. The topological polar surface area (TPSA) is 97.3 Å². The van der Waals surface area contributed by atoms with E-state index in [-0.39, 0.29) is 10.5 Å². The van der Waals surface area contributed by atoms with Gasteiger partial charge in [-0.25, -0.2) is 13.8 Å². The second-order valence-electron chi connectivity index (χ2n) is 7.59. The molecule has 1 aliphatic heterocycles. The predicted octanol–water partition coefficient (Wildman–Crippen LogP) is 3.05. The molecule has 3 aromatic carbocycles. The second kappa shape index (κ2) is 11.1. The number of benzene rings is 3. The number of hydrazone groups is 1. The van der Waals surface area contributed by atoms with Crippen molar-refractivity contribution in [3.05, 3.63) is 95.6 Å². The van der Waals surface area contributed by atoms with Gasteiger partial charge in [-0.3, -0.25) is 4.79 Å². The Kier molecular flexibility index (Phi) is 7.69. The number of carbonyl (C=O) groups excluding carboxylic acids is 1. The van der Waals surface area contributed by atoms with E-state index in [0.29, 0.717) is 32.9 Å². The summed E-state index contributed by atoms with van der Waals surface area (Å²) < 4.78 is 38.0. The smallest absolute Gasteiger partial charge is 0.271 e. The Morgan fingerprint density at radius 3 is 2.47 bits per heavy atom. The SMILES string of the molecule is O=C(N/N=C/c1ccc(OCc2ccccc2)cc1)c1cccc(S(=O)(=O)N2CCOCC2)c1. The van der Waals surface area contributed by atoms with Gasteiger partial charge in [-0.2, -0.15) is 9.41 Å². The molecule has 0 aromatic heterocycles. The third kappa shape index (κ3) is 6.07. The van der Waals surface area contributed by atoms with Gasteiger partial charge in [0.05, 0.1) is 24.3 Å². The van der Waals surface area contributed by atoms with E-state index in [1.165, 1.54) is 22.7 Å². The molecule has 1 heterocycles. The van der Waals surface area contributed by atoms with Crippen LogP contribution in [0.5, 0.6) is 5.75 Å². The Balaban J connectivity index is 1.33. The lowest BCUT2D eigenvalue weighted by atomic mass is 10.2. The number of morpholine rings is 1. The number of sulfonamides is 1. The first-order valence-electron chi connectivity index (χ1n) is 10.8. The molecule has 0 atom stereocenters. The van der Waals surface area contributed by atoms with E-state index in [2.05, 4.69) is 10.5 Å². The number of nitrogens with one attached hydrogen (secondary N) is 1. The minimum atomic E-state index is -3.69. The molecule has 0 saturated carbocycles. The summed E-state index contributed by atoms with van der Waals surface area (Å²) in [6.45, 7) is 1.77. The third-order valence-corrected chi connectivity index (χ3v) is 7.11. The molecule has 0 radical (unpaired) electrons. The van der Waals surface area contributed by atoms with Gasteiger partial charge in [0.2, 0.25) is 10.0 Å². The van der Waals surface area contributed by atoms with Crippen LogP contribution >= 0.6 is 0 Å². The van der Waals surface area contributed by atoms with Crippen molar-refractivity contribution in [2.75, 3.05) is 26.3 Å². The quantitative estimate of drug-likeness (QED) is 0.396. The van der Waals surface area contributed by atoms with Crippen LogP contribution in [-0.2, 0) is 21.4 Å². The van der Waals surface area contributed by atoms with Crippen molar-refractivity contribution in [2.45, 2.75) is 11.5 Å². The van der Waals surface area contributed by atoms with Crippen molar-refractivity contribution >= 4 is 22.1 Å². The van der Waals surface area contributed by atoms with Crippen LogP contribution in [-0.4, -0.2) is 51.1 Å². The van der Waals surface area contributed by atoms with Crippen molar-refractivity contribution in [1.29, 1.82) is 0 Å². The summed E-state index contributed by atoms with van der Waals surface area (Å²) in [4.78, 5) is 12.6. The van der Waals surface area contributed by atoms with Crippen LogP contribution in [0, 0.1) is 0 Å². The summed E-state index contributed by atoms with van der Waals surface area (Å²) in [7, 11) is -3.69. The average Bonchev–Trinajstić information content (AvgIpc) is 2.89. The summed E-state index contributed by atoms with van der Waals surface area (Å²) in [5.41, 5.74) is 4.50. The maximum Gasteiger partial charge on any atom is 0.271 e. The number of carbonyl (C=O) groups is 1. The zero-order valence-electron chi connectivity index (χ0n) is 18.5. The van der Waals surface area contributed by atoms with Crippen LogP contribution in [0.15, 0.2) is 88.9 Å². The van der Waals surface area contributed by atoms with Gasteiger partial charge >= 0.3 is 0 Å². The van der Waals surface area contributed by atoms with Gasteiger partial charge in [0.1, 0.15) is 12.4 Å². The number of ether oxygens (including phenoxy) is 2. The molecule has 0 spiro atoms. The lowest BCUT2D eigenvalue weighted by molar-refractivity contribution is 0.0730. The van der Waals surface area contributed by atoms with Crippen LogP contribution in [0.3, 0.4) is 0 Å². The second-order valence-corrected chi connectivity index (χ2v) is 9.52. The summed E-state index contributed by atoms with van der Waals surface area (Å²) in [5, 5.41) is 3.98. The molecule has 1 N–H and O–H groups in total. The first-order chi connectivity index (χ1) is 16.5. The van der Waals surface area contributed by atoms with E-state index in [9.17, 15) is 13.2 Å². The highest BCUT2D eigenvalue weighted by atomic mass is 32.2. The monoisotopic (exact) mass is 479 g/mol. The first kappa shape index (κ1) is 23.6. The van der Waals surface area contributed by atoms with E-state index >= 15 is 0 Å². The minimum absolute atomic E-state index is 0.0668. The molecule has 3 aromatic rings. The standard InChI is InChI=1S/C25H25N3O5S/c29-25(22-7-4-8-24(17-22)34(30,31)28-13-15-32-16-14-28)27-26-18-20-9-11-23(12-10-20)33-19-21-5-2-1-3-6-21/h1-12,17-18H,13-16,19H2,(H,27,29)/b26-18+. The Labute approximate surface area is 198 Å². The van der Waals surface area contributed by atoms with E-state index in [1.54, 1.807) is 12.1 Å². The molecule has 176 valence electrons. The van der Waals surface area contributed by atoms with E-state index in [0.717, 1.165) is 16.9 Å². The lowest BCUT2D eigenvalue weighted by Crippen LogP contribution is -2.40. The molecule has 0 unspecified atom stereocenters. The Bertz CT molecular complexity index is 1240. The molecular formula is C25H25N3O5S. The fourth-order valence-corrected chi connectivity index (χ4v) is 4.81. The molecule has 8 nitrogen and oxygen atoms in total. The van der Waals surface area contributed by atoms with Crippen molar-refractivity contribution in [3.8, 4) is 5.75 Å². The van der Waals surface area contributed by atoms with Gasteiger partial charge in [0.25, 0.3) is 5.91 Å². The molecule has 9 heteroatoms. The maximum atomic E-state index is 12.8. The highest BCUT2D eigenvalue weighted by Crippen LogP contribution is 2.18. The zero-order valence-corrected chi connectivity index (χ0v) is 19.3. The molecule has 1 amide bonds. The number of hydrogen-bond acceptors (Lipinski definition) is 6. The van der Waals surface area contributed by atoms with Crippen LogP contribution in [0.4, 0.5) is 0 Å². The van der Waals surface area contributed by atoms with Crippen LogP contribution in [0.2, 0.25) is 0 Å². The van der Waals surface area contributed by atoms with Crippen molar-refractivity contribution in [1.82, 2.24) is 9.73 Å². The molecule has 0 bridgehead atoms. The zero-order chi connectivity index (χ0) is 23.8. The number of hydrogen-bond donors (Lipinski definition) is 1. The van der Waals surface area contributed by atoms with Gasteiger partial charge in [-0.05, 0) is 53.6 Å². The molecule has 1 saturated heterocycles. The van der Waals surface area contributed by atoms with Crippen LogP contribution < -0.4 is 10.2 Å². The molecule has 34 heavy (non-hydrogen) atoms. The molecule has 1 aliphatic rings. The van der Waals surface area contributed by atoms with Gasteiger partial charge in [0.15, 0.2) is 0 Å². The van der Waals surface area contributed by atoms with E-state index in [1.807, 2.05) is 54.6 Å². The third-order valence-electron chi connectivity index (χ3n) is 5.21. The van der Waals surface area contributed by atoms with Crippen LogP contribution in [0.25, 0.3) is 0 Å². The highest BCUT2D eigenvalue weighted by molar-refractivity contribution is 7.89. The predicted molar refractivity (Wildman–Crippen MR) is 128 cm³/mol. The fourth-order valence-electron chi connectivity index (χ4n) is 3.35. The van der Waals surface area contributed by atoms with Gasteiger partial charge < -0.3 is 9.47 Å². The van der Waals surface area contributed by atoms with Crippen LogP contribution in [0.1, 0.15) is 21.5 Å². The normalized spacial score (nSPS) is 14.7. The summed E-state index contributed by atoms with van der Waals surface area (Å²) in [5.74, 6) is 0.224. The lowest BCUT2D eigenvalue weighted by Gasteiger charge is -2.26. The number of nitrogens with zero attached hydrogens (tertiary/aromatic N) is 2. The molecule has 1 fully saturated rings. The van der Waals surface area contributed by atoms with Gasteiger partial charge in [-0.1, -0.05) is 36.4 Å².